The van der Waals surface area contributed by atoms with E-state index in [1.807, 2.05) is 12.1 Å². The van der Waals surface area contributed by atoms with Gasteiger partial charge in [0.1, 0.15) is 11.2 Å². The second kappa shape index (κ2) is 11.9. The van der Waals surface area contributed by atoms with Crippen molar-refractivity contribution in [3.63, 3.8) is 0 Å². The predicted octanol–water partition coefficient (Wildman–Crippen LogP) is 16.3. The number of furan rings is 2. The maximum absolute atomic E-state index is 6.54. The molecule has 268 valence electrons. The molecule has 0 atom stereocenters. The Bertz CT molecular complexity index is 3750. The summed E-state index contributed by atoms with van der Waals surface area (Å²) in [6.45, 7) is 0. The Hall–Kier alpha value is -7.68. The number of benzene rings is 11. The van der Waals surface area contributed by atoms with Gasteiger partial charge >= 0.3 is 0 Å². The summed E-state index contributed by atoms with van der Waals surface area (Å²) in [5.74, 6) is 0. The minimum absolute atomic E-state index is 0.792. The van der Waals surface area contributed by atoms with Crippen molar-refractivity contribution in [3.8, 4) is 33.4 Å². The molecule has 13 aromatic rings. The number of hydrogen-bond acceptors (Lipinski definition) is 2. The SMILES string of the molecule is c1ccc2c(c1)oc1c2ccc2c3cc(-c4c5ccccc5c(-c5ccc(-c6ccc7c8ccccc8c8ccccc8c7c6)cc5)c5ccccc45)ccc3oc21. The van der Waals surface area contributed by atoms with Gasteiger partial charge in [0.15, 0.2) is 11.2 Å². The third-order valence-corrected chi connectivity index (χ3v) is 12.5. The second-order valence-corrected chi connectivity index (χ2v) is 15.5. The summed E-state index contributed by atoms with van der Waals surface area (Å²) >= 11 is 0. The molecule has 0 spiro atoms. The Labute approximate surface area is 332 Å². The first-order valence-corrected chi connectivity index (χ1v) is 19.9. The zero-order valence-electron chi connectivity index (χ0n) is 31.3. The lowest BCUT2D eigenvalue weighted by atomic mass is 9.85. The first kappa shape index (κ1) is 31.5. The molecular formula is C56H32O2. The summed E-state index contributed by atoms with van der Waals surface area (Å²) in [6, 6.07) is 70.6. The minimum atomic E-state index is 0.792. The third kappa shape index (κ3) is 4.43. The highest BCUT2D eigenvalue weighted by Crippen LogP contribution is 2.46. The molecule has 0 saturated carbocycles. The zero-order valence-corrected chi connectivity index (χ0v) is 31.3. The molecule has 58 heavy (non-hydrogen) atoms. The standard InChI is InChI=1S/C56H32O2/c1-2-13-39-37(11-1)38-12-3-4-14-40(38)49-31-35(25-27-41(39)49)33-21-23-34(24-22-33)53-43-16-5-7-18-45(43)54(46-19-8-6-17-44(46)53)36-26-30-52-50(32-36)48-29-28-47-42-15-9-10-20-51(42)57-55(47)56(48)58-52/h1-32H. The summed E-state index contributed by atoms with van der Waals surface area (Å²) in [5, 5.41) is 17.0. The van der Waals surface area contributed by atoms with Gasteiger partial charge in [0.05, 0.1) is 0 Å². The molecule has 2 nitrogen and oxygen atoms in total. The van der Waals surface area contributed by atoms with Gasteiger partial charge in [0.25, 0.3) is 0 Å². The fourth-order valence-electron chi connectivity index (χ4n) is 9.84. The lowest BCUT2D eigenvalue weighted by Gasteiger charge is -2.18. The van der Waals surface area contributed by atoms with Gasteiger partial charge in [-0.15, -0.1) is 0 Å². The minimum Gasteiger partial charge on any atom is -0.452 e. The molecule has 0 N–H and O–H groups in total. The highest BCUT2D eigenvalue weighted by molar-refractivity contribution is 6.26. The van der Waals surface area contributed by atoms with Crippen LogP contribution in [0.25, 0.3) is 131 Å². The Morgan fingerprint density at radius 3 is 1.16 bits per heavy atom. The molecule has 11 aromatic carbocycles. The van der Waals surface area contributed by atoms with E-state index in [4.69, 9.17) is 8.83 Å². The molecule has 0 aliphatic rings. The van der Waals surface area contributed by atoms with Gasteiger partial charge in [0.2, 0.25) is 0 Å². The molecule has 2 heteroatoms. The topological polar surface area (TPSA) is 26.3 Å². The van der Waals surface area contributed by atoms with E-state index >= 15 is 0 Å². The van der Waals surface area contributed by atoms with Crippen molar-refractivity contribution in [1.82, 2.24) is 0 Å². The molecule has 2 aromatic heterocycles. The van der Waals surface area contributed by atoms with Crippen LogP contribution in [0, 0.1) is 0 Å². The summed E-state index contributed by atoms with van der Waals surface area (Å²) in [5.41, 5.74) is 10.6. The molecule has 2 heterocycles. The van der Waals surface area contributed by atoms with Crippen molar-refractivity contribution in [2.45, 2.75) is 0 Å². The van der Waals surface area contributed by atoms with E-state index in [0.717, 1.165) is 49.4 Å². The summed E-state index contributed by atoms with van der Waals surface area (Å²) in [7, 11) is 0. The van der Waals surface area contributed by atoms with Crippen LogP contribution < -0.4 is 0 Å². The van der Waals surface area contributed by atoms with Gasteiger partial charge < -0.3 is 8.83 Å². The number of hydrogen-bond donors (Lipinski definition) is 0. The molecule has 0 aliphatic carbocycles. The molecule has 0 amide bonds. The average Bonchev–Trinajstić information content (AvgIpc) is 3.87. The van der Waals surface area contributed by atoms with Gasteiger partial charge in [-0.25, -0.2) is 0 Å². The van der Waals surface area contributed by atoms with Gasteiger partial charge in [-0.3, -0.25) is 0 Å². The maximum atomic E-state index is 6.54. The van der Waals surface area contributed by atoms with Crippen LogP contribution in [0.1, 0.15) is 0 Å². The van der Waals surface area contributed by atoms with Gasteiger partial charge in [0, 0.05) is 21.5 Å². The zero-order chi connectivity index (χ0) is 37.9. The summed E-state index contributed by atoms with van der Waals surface area (Å²) in [6.07, 6.45) is 0. The first-order chi connectivity index (χ1) is 28.8. The van der Waals surface area contributed by atoms with E-state index in [-0.39, 0.29) is 0 Å². The van der Waals surface area contributed by atoms with Crippen LogP contribution in [0.4, 0.5) is 0 Å². The quantitative estimate of drug-likeness (QED) is 0.133. The molecule has 0 aliphatic heterocycles. The maximum Gasteiger partial charge on any atom is 0.178 e. The molecule has 0 radical (unpaired) electrons. The third-order valence-electron chi connectivity index (χ3n) is 12.5. The van der Waals surface area contributed by atoms with Crippen LogP contribution >= 0.6 is 0 Å². The first-order valence-electron chi connectivity index (χ1n) is 19.9. The van der Waals surface area contributed by atoms with E-state index in [1.54, 1.807) is 0 Å². The van der Waals surface area contributed by atoms with Gasteiger partial charge in [-0.2, -0.15) is 0 Å². The van der Waals surface area contributed by atoms with Gasteiger partial charge in [-0.1, -0.05) is 158 Å². The van der Waals surface area contributed by atoms with Crippen molar-refractivity contribution < 1.29 is 8.83 Å². The molecule has 13 rings (SSSR count). The Morgan fingerprint density at radius 2 is 0.569 bits per heavy atom. The van der Waals surface area contributed by atoms with Crippen LogP contribution in [0.15, 0.2) is 203 Å². The van der Waals surface area contributed by atoms with Gasteiger partial charge in [-0.05, 0) is 124 Å². The number of rotatable bonds is 3. The van der Waals surface area contributed by atoms with E-state index in [0.29, 0.717) is 0 Å². The summed E-state index contributed by atoms with van der Waals surface area (Å²) in [4.78, 5) is 0. The van der Waals surface area contributed by atoms with Crippen LogP contribution in [0.5, 0.6) is 0 Å². The smallest absolute Gasteiger partial charge is 0.178 e. The Morgan fingerprint density at radius 1 is 0.207 bits per heavy atom. The largest absolute Gasteiger partial charge is 0.452 e. The lowest BCUT2D eigenvalue weighted by molar-refractivity contribution is 0.633. The van der Waals surface area contributed by atoms with Crippen molar-refractivity contribution in [1.29, 1.82) is 0 Å². The Balaban J connectivity index is 0.967. The fourth-order valence-corrected chi connectivity index (χ4v) is 9.84. The normalized spacial score (nSPS) is 12.1. The summed E-state index contributed by atoms with van der Waals surface area (Å²) < 4.78 is 12.9. The molecule has 0 fully saturated rings. The predicted molar refractivity (Wildman–Crippen MR) is 245 cm³/mol. The molecule has 0 saturated heterocycles. The van der Waals surface area contributed by atoms with Crippen LogP contribution in [-0.2, 0) is 0 Å². The molecule has 0 unspecified atom stereocenters. The van der Waals surface area contributed by atoms with E-state index in [1.165, 1.54) is 81.7 Å². The van der Waals surface area contributed by atoms with Crippen molar-refractivity contribution in [3.05, 3.63) is 194 Å². The van der Waals surface area contributed by atoms with Crippen molar-refractivity contribution in [2.75, 3.05) is 0 Å². The Kier molecular flexibility index (Phi) is 6.47. The lowest BCUT2D eigenvalue weighted by Crippen LogP contribution is -1.91. The number of para-hydroxylation sites is 1. The fraction of sp³-hybridized carbons (Fsp3) is 0. The molecule has 0 bridgehead atoms. The second-order valence-electron chi connectivity index (χ2n) is 15.5. The van der Waals surface area contributed by atoms with Crippen LogP contribution in [0.3, 0.4) is 0 Å². The molecular weight excluding hydrogens is 705 g/mol. The average molecular weight is 737 g/mol. The van der Waals surface area contributed by atoms with Crippen LogP contribution in [-0.4, -0.2) is 0 Å². The van der Waals surface area contributed by atoms with Crippen LogP contribution in [0.2, 0.25) is 0 Å². The van der Waals surface area contributed by atoms with Crippen molar-refractivity contribution >= 4 is 97.7 Å². The van der Waals surface area contributed by atoms with E-state index in [9.17, 15) is 0 Å². The number of fused-ring (bicyclic) bond motifs is 15. The highest BCUT2D eigenvalue weighted by Gasteiger charge is 2.20. The monoisotopic (exact) mass is 736 g/mol. The van der Waals surface area contributed by atoms with E-state index in [2.05, 4.69) is 182 Å². The van der Waals surface area contributed by atoms with E-state index < -0.39 is 0 Å². The highest BCUT2D eigenvalue weighted by atomic mass is 16.4. The van der Waals surface area contributed by atoms with Crippen molar-refractivity contribution in [2.24, 2.45) is 0 Å².